The van der Waals surface area contributed by atoms with Crippen LogP contribution in [0.4, 0.5) is 5.69 Å². The van der Waals surface area contributed by atoms with E-state index in [4.69, 9.17) is 0 Å². The van der Waals surface area contributed by atoms with Crippen LogP contribution >= 0.6 is 0 Å². The van der Waals surface area contributed by atoms with Crippen LogP contribution in [0.1, 0.15) is 206 Å². The van der Waals surface area contributed by atoms with Crippen molar-refractivity contribution in [3.8, 4) is 11.1 Å². The largest absolute Gasteiger partial charge is 0.271 e. The van der Waals surface area contributed by atoms with Crippen molar-refractivity contribution < 1.29 is 19.2 Å². The number of imide groups is 2. The van der Waals surface area contributed by atoms with Crippen molar-refractivity contribution in [1.29, 1.82) is 0 Å². The Morgan fingerprint density at radius 1 is 0.466 bits per heavy atom. The van der Waals surface area contributed by atoms with Crippen LogP contribution in [0.5, 0.6) is 0 Å². The molecule has 3 aliphatic rings. The summed E-state index contributed by atoms with van der Waals surface area (Å²) in [7, 11) is 0. The van der Waals surface area contributed by atoms with E-state index in [0.29, 0.717) is 38.7 Å². The fraction of sp³-hybridized carbons (Fsp3) is 0.317. The predicted molar refractivity (Wildman–Crippen MR) is 373 cm³/mol. The van der Waals surface area contributed by atoms with Crippen molar-refractivity contribution in [1.82, 2.24) is 4.90 Å². The second-order valence-corrected chi connectivity index (χ2v) is 25.6. The van der Waals surface area contributed by atoms with Crippen molar-refractivity contribution >= 4 is 78.5 Å². The van der Waals surface area contributed by atoms with Crippen LogP contribution in [0.2, 0.25) is 0 Å². The van der Waals surface area contributed by atoms with Crippen LogP contribution < -0.4 is 4.90 Å². The van der Waals surface area contributed by atoms with Gasteiger partial charge in [0.25, 0.3) is 23.6 Å². The number of hydrogen-bond donors (Lipinski definition) is 0. The van der Waals surface area contributed by atoms with E-state index in [1.165, 1.54) is 85.0 Å². The van der Waals surface area contributed by atoms with Gasteiger partial charge in [0.1, 0.15) is 0 Å². The first-order valence-electron chi connectivity index (χ1n) is 32.6. The summed E-state index contributed by atoms with van der Waals surface area (Å²) in [5.41, 5.74) is 13.6. The molecule has 6 nitrogen and oxygen atoms in total. The lowest BCUT2D eigenvalue weighted by atomic mass is 9.72. The Balaban J connectivity index is 0.782. The zero-order chi connectivity index (χ0) is 62.1. The number of amides is 4. The molecule has 0 aromatic heterocycles. The molecule has 1 aliphatic carbocycles. The minimum atomic E-state index is -0.376. The number of benzene rings is 7. The summed E-state index contributed by atoms with van der Waals surface area (Å²) in [5, 5.41) is 6.58. The first-order chi connectivity index (χ1) is 42.6. The normalized spacial score (nSPS) is 16.4. The number of hydrogen-bond acceptors (Lipinski definition) is 4. The van der Waals surface area contributed by atoms with Crippen molar-refractivity contribution in [2.24, 2.45) is 5.41 Å². The van der Waals surface area contributed by atoms with Gasteiger partial charge in [-0.1, -0.05) is 265 Å². The summed E-state index contributed by atoms with van der Waals surface area (Å²) in [6.07, 6.45) is 46.6. The molecule has 0 radical (unpaired) electrons. The molecule has 10 rings (SSSR count). The van der Waals surface area contributed by atoms with Gasteiger partial charge in [0.05, 0.1) is 5.69 Å². The van der Waals surface area contributed by atoms with Crippen LogP contribution in [-0.4, -0.2) is 34.6 Å². The first kappa shape index (κ1) is 62.6. The molecule has 7 aromatic rings. The summed E-state index contributed by atoms with van der Waals surface area (Å²) < 4.78 is 0. The Morgan fingerprint density at radius 3 is 1.33 bits per heavy atom. The van der Waals surface area contributed by atoms with Crippen LogP contribution in [0.3, 0.4) is 0 Å². The third kappa shape index (κ3) is 13.5. The molecule has 450 valence electrons. The third-order valence-corrected chi connectivity index (χ3v) is 18.5. The lowest BCUT2D eigenvalue weighted by molar-refractivity contribution is 0.0516. The van der Waals surface area contributed by atoms with Crippen molar-refractivity contribution in [3.05, 3.63) is 237 Å². The molecule has 2 aliphatic heterocycles. The van der Waals surface area contributed by atoms with Gasteiger partial charge < -0.3 is 0 Å². The molecule has 6 heteroatoms. The van der Waals surface area contributed by atoms with Gasteiger partial charge in [-0.15, -0.1) is 0 Å². The second-order valence-electron chi connectivity index (χ2n) is 25.6. The minimum Gasteiger partial charge on any atom is -0.271 e. The lowest BCUT2D eigenvalue weighted by Gasteiger charge is -2.35. The van der Waals surface area contributed by atoms with Gasteiger partial charge in [-0.05, 0) is 163 Å². The molecular formula is C82H88N2O4. The van der Waals surface area contributed by atoms with Crippen molar-refractivity contribution in [2.75, 3.05) is 4.90 Å². The Morgan fingerprint density at radius 2 is 0.875 bits per heavy atom. The van der Waals surface area contributed by atoms with E-state index in [2.05, 4.69) is 172 Å². The summed E-state index contributed by atoms with van der Waals surface area (Å²) in [6, 6.07) is 31.3. The summed E-state index contributed by atoms with van der Waals surface area (Å²) in [6.45, 7) is 19.9. The van der Waals surface area contributed by atoms with Gasteiger partial charge in [0.15, 0.2) is 0 Å². The fourth-order valence-corrected chi connectivity index (χ4v) is 13.6. The quantitative estimate of drug-likeness (QED) is 0.0188. The van der Waals surface area contributed by atoms with E-state index in [1.54, 1.807) is 4.90 Å². The monoisotopic (exact) mass is 1160 g/mol. The number of fused-ring (bicyclic) bond motifs is 2. The maximum absolute atomic E-state index is 14.7. The Labute approximate surface area is 523 Å². The second kappa shape index (κ2) is 28.1. The fourth-order valence-electron chi connectivity index (χ4n) is 13.6. The van der Waals surface area contributed by atoms with Crippen LogP contribution in [0.15, 0.2) is 209 Å². The maximum Gasteiger partial charge on any atom is 0.265 e. The van der Waals surface area contributed by atoms with Gasteiger partial charge in [0, 0.05) is 39.1 Å². The Hall–Kier alpha value is -8.48. The van der Waals surface area contributed by atoms with Gasteiger partial charge in [-0.2, -0.15) is 0 Å². The molecule has 4 amide bonds. The number of carbonyl (C=O) groups excluding carboxylic acids is 4. The molecular weight excluding hydrogens is 1080 g/mol. The third-order valence-electron chi connectivity index (χ3n) is 18.5. The topological polar surface area (TPSA) is 74.8 Å². The molecule has 0 spiro atoms. The molecule has 0 unspecified atom stereocenters. The predicted octanol–water partition coefficient (Wildman–Crippen LogP) is 22.4. The highest BCUT2D eigenvalue weighted by Crippen LogP contribution is 2.48. The number of allylic oxidation sites excluding steroid dienone is 19. The molecule has 0 saturated heterocycles. The zero-order valence-electron chi connectivity index (χ0n) is 53.5. The van der Waals surface area contributed by atoms with E-state index in [9.17, 15) is 19.2 Å². The summed E-state index contributed by atoms with van der Waals surface area (Å²) in [5.74, 6) is -1.17. The molecule has 0 atom stereocenters. The van der Waals surface area contributed by atoms with E-state index < -0.39 is 0 Å². The smallest absolute Gasteiger partial charge is 0.265 e. The van der Waals surface area contributed by atoms with Gasteiger partial charge in [0.2, 0.25) is 0 Å². The summed E-state index contributed by atoms with van der Waals surface area (Å²) in [4.78, 5) is 61.7. The molecule has 0 bridgehead atoms. The Kier molecular flexibility index (Phi) is 20.0. The number of nitrogens with zero attached hydrogens (tertiary/aromatic N) is 2. The van der Waals surface area contributed by atoms with Gasteiger partial charge in [-0.3, -0.25) is 24.1 Å². The van der Waals surface area contributed by atoms with Gasteiger partial charge >= 0.3 is 0 Å². The van der Waals surface area contributed by atoms with Crippen LogP contribution in [0, 0.1) is 5.41 Å². The Bertz CT molecular complexity index is 3990. The minimum absolute atomic E-state index is 0.144. The first-order valence-corrected chi connectivity index (χ1v) is 32.6. The lowest BCUT2D eigenvalue weighted by Crippen LogP contribution is -2.47. The van der Waals surface area contributed by atoms with E-state index in [0.717, 1.165) is 98.7 Å². The average Bonchev–Trinajstić information content (AvgIpc) is 0.696. The van der Waals surface area contributed by atoms with Crippen molar-refractivity contribution in [3.63, 3.8) is 0 Å². The van der Waals surface area contributed by atoms with E-state index in [-0.39, 0.29) is 35.1 Å². The van der Waals surface area contributed by atoms with Gasteiger partial charge in [-0.25, -0.2) is 4.90 Å². The maximum atomic E-state index is 14.7. The SMILES string of the molecule is CCCCCCCC(CCCCCCC)N1C(=O)c2ccc3c4ccc5c6c(ccc(c7ccc(c2c37)C1=O)c64)C(=O)N(c1ccc(-c2ccc(/C=C/C(C)=C/C=C/C(C)=C/C=C/C=C(C)/C=C/C=C(C)/C=C/C3=C(C)CCCC3(C)C)cc2)cc1)C5=O. The number of unbranched alkanes of at least 4 members (excludes halogenated alkanes) is 8. The average molecular weight is 1170 g/mol. The van der Waals surface area contributed by atoms with E-state index >= 15 is 0 Å². The number of rotatable bonds is 25. The molecule has 0 fully saturated rings. The van der Waals surface area contributed by atoms with Crippen LogP contribution in [-0.2, 0) is 0 Å². The van der Waals surface area contributed by atoms with Crippen LogP contribution in [0.25, 0.3) is 60.3 Å². The molecule has 88 heavy (non-hydrogen) atoms. The highest BCUT2D eigenvalue weighted by atomic mass is 16.2. The molecule has 0 N–H and O–H groups in total. The number of carbonyl (C=O) groups is 4. The van der Waals surface area contributed by atoms with E-state index in [1.807, 2.05) is 72.8 Å². The highest BCUT2D eigenvalue weighted by molar-refractivity contribution is 6.43. The van der Waals surface area contributed by atoms with Crippen molar-refractivity contribution in [2.45, 2.75) is 165 Å². The standard InChI is InChI=1S/C82H88N2O4/c1-10-12-14-16-18-32-63(33-19-17-15-13-11-2)83-78(85)69-49-45-65-67-47-51-71-77-72(52-48-68(75(67)77)66-46-50-70(79(83)86)76(69)74(65)66)81(88)84(80(71)87)64-43-41-62(42-44-64)61-39-37-60(38-40-61)36-34-57(5)29-22-27-55(3)25-20-21-26-56(4)28-23-30-58(6)35-53-73-59(7)31-24-54-82(73,8)9/h20-23,25-30,34-53,63H,10-19,24,31-33,54H2,1-9H3/b21-20+,27-22+,28-23+,36-34+,53-35+,55-25+,56-26+,57-29+,58-30+. The number of anilines is 1. The molecule has 7 aromatic carbocycles. The zero-order valence-corrected chi connectivity index (χ0v) is 53.5. The molecule has 2 heterocycles. The molecule has 0 saturated carbocycles. The highest BCUT2D eigenvalue weighted by Gasteiger charge is 2.40. The summed E-state index contributed by atoms with van der Waals surface area (Å²) >= 11 is 0.